The van der Waals surface area contributed by atoms with E-state index in [1.807, 2.05) is 17.0 Å². The smallest absolute Gasteiger partial charge is 0.331 e. The zero-order valence-electron chi connectivity index (χ0n) is 19.0. The van der Waals surface area contributed by atoms with E-state index in [0.717, 1.165) is 44.5 Å². The molecule has 3 heterocycles. The molecule has 8 heteroatoms. The lowest BCUT2D eigenvalue weighted by atomic mass is 9.97. The molecular formula is C26H29ClFN3O3. The SMILES string of the molecule is O=C1CCN(C2CCN(CC3COC(c4ccc(F)cc4)C3)CC2)C(=O)N1c1ccc(Cl)cc1. The Hall–Kier alpha value is -2.48. The largest absolute Gasteiger partial charge is 0.373 e. The van der Waals surface area contributed by atoms with Gasteiger partial charge in [-0.2, -0.15) is 0 Å². The number of halogens is 2. The van der Waals surface area contributed by atoms with Gasteiger partial charge in [-0.05, 0) is 67.1 Å². The maximum atomic E-state index is 13.2. The summed E-state index contributed by atoms with van der Waals surface area (Å²) in [6.07, 6.45) is 3.09. The van der Waals surface area contributed by atoms with Gasteiger partial charge >= 0.3 is 6.03 Å². The number of ether oxygens (including phenoxy) is 1. The number of piperidine rings is 1. The number of carbonyl (C=O) groups is 2. The number of likely N-dealkylation sites (tertiary alicyclic amines) is 1. The number of amides is 3. The monoisotopic (exact) mass is 485 g/mol. The van der Waals surface area contributed by atoms with Crippen molar-refractivity contribution in [1.29, 1.82) is 0 Å². The predicted octanol–water partition coefficient (Wildman–Crippen LogP) is 4.88. The van der Waals surface area contributed by atoms with E-state index in [1.165, 1.54) is 17.0 Å². The minimum Gasteiger partial charge on any atom is -0.373 e. The summed E-state index contributed by atoms with van der Waals surface area (Å²) in [4.78, 5) is 31.3. The molecule has 0 N–H and O–H groups in total. The molecule has 5 rings (SSSR count). The highest BCUT2D eigenvalue weighted by Gasteiger charge is 2.38. The Labute approximate surface area is 204 Å². The van der Waals surface area contributed by atoms with Crippen LogP contribution < -0.4 is 4.90 Å². The number of nitrogens with zero attached hydrogens (tertiary/aromatic N) is 3. The molecule has 3 aliphatic rings. The lowest BCUT2D eigenvalue weighted by Gasteiger charge is -2.42. The third-order valence-corrected chi connectivity index (χ3v) is 7.43. The number of urea groups is 1. The number of carbonyl (C=O) groups excluding carboxylic acids is 2. The molecular weight excluding hydrogens is 457 g/mol. The van der Waals surface area contributed by atoms with Crippen LogP contribution in [0.5, 0.6) is 0 Å². The summed E-state index contributed by atoms with van der Waals surface area (Å²) in [7, 11) is 0. The van der Waals surface area contributed by atoms with Crippen LogP contribution in [-0.2, 0) is 9.53 Å². The van der Waals surface area contributed by atoms with Gasteiger partial charge in [0.1, 0.15) is 5.82 Å². The molecule has 3 saturated heterocycles. The van der Waals surface area contributed by atoms with E-state index in [0.29, 0.717) is 36.2 Å². The van der Waals surface area contributed by atoms with Gasteiger partial charge in [0.2, 0.25) is 5.91 Å². The fourth-order valence-corrected chi connectivity index (χ4v) is 5.47. The van der Waals surface area contributed by atoms with Gasteiger partial charge in [0, 0.05) is 43.7 Å². The lowest BCUT2D eigenvalue weighted by Crippen LogP contribution is -2.58. The molecule has 2 aromatic carbocycles. The Balaban J connectivity index is 1.14. The summed E-state index contributed by atoms with van der Waals surface area (Å²) >= 11 is 5.97. The average Bonchev–Trinajstić information content (AvgIpc) is 3.30. The molecule has 3 aliphatic heterocycles. The molecule has 2 unspecified atom stereocenters. The van der Waals surface area contributed by atoms with Crippen LogP contribution in [0.3, 0.4) is 0 Å². The van der Waals surface area contributed by atoms with E-state index in [2.05, 4.69) is 4.90 Å². The summed E-state index contributed by atoms with van der Waals surface area (Å²) in [6.45, 7) is 3.99. The number of benzene rings is 2. The molecule has 0 aliphatic carbocycles. The van der Waals surface area contributed by atoms with Gasteiger partial charge in [-0.15, -0.1) is 0 Å². The molecule has 34 heavy (non-hydrogen) atoms. The molecule has 0 aromatic heterocycles. The molecule has 0 saturated carbocycles. The van der Waals surface area contributed by atoms with Crippen LogP contribution in [0.4, 0.5) is 14.9 Å². The Bertz CT molecular complexity index is 1020. The second-order valence-electron chi connectivity index (χ2n) is 9.44. The molecule has 6 nitrogen and oxygen atoms in total. The zero-order chi connectivity index (χ0) is 23.7. The summed E-state index contributed by atoms with van der Waals surface area (Å²) in [5.41, 5.74) is 1.60. The van der Waals surface area contributed by atoms with Gasteiger partial charge in [-0.3, -0.25) is 4.79 Å². The lowest BCUT2D eigenvalue weighted by molar-refractivity contribution is -0.119. The normalized spacial score (nSPS) is 24.8. The number of anilines is 1. The first-order valence-electron chi connectivity index (χ1n) is 12.0. The number of rotatable bonds is 5. The summed E-state index contributed by atoms with van der Waals surface area (Å²) in [5, 5.41) is 0.571. The minimum atomic E-state index is -0.233. The van der Waals surface area contributed by atoms with Gasteiger partial charge in [0.15, 0.2) is 0 Å². The van der Waals surface area contributed by atoms with Crippen LogP contribution in [0.25, 0.3) is 0 Å². The Morgan fingerprint density at radius 1 is 0.971 bits per heavy atom. The topological polar surface area (TPSA) is 53.1 Å². The van der Waals surface area contributed by atoms with E-state index < -0.39 is 0 Å². The molecule has 0 radical (unpaired) electrons. The Morgan fingerprint density at radius 3 is 2.38 bits per heavy atom. The van der Waals surface area contributed by atoms with Gasteiger partial charge in [-0.25, -0.2) is 14.1 Å². The summed E-state index contributed by atoms with van der Waals surface area (Å²) in [5.74, 6) is 0.0493. The predicted molar refractivity (Wildman–Crippen MR) is 128 cm³/mol. The number of hydrogen-bond acceptors (Lipinski definition) is 4. The van der Waals surface area contributed by atoms with Crippen LogP contribution in [0.1, 0.15) is 37.4 Å². The van der Waals surface area contributed by atoms with Crippen molar-refractivity contribution >= 4 is 29.2 Å². The highest BCUT2D eigenvalue weighted by Crippen LogP contribution is 2.34. The molecule has 3 amide bonds. The number of imide groups is 1. The second kappa shape index (κ2) is 10.0. The highest BCUT2D eigenvalue weighted by atomic mass is 35.5. The van der Waals surface area contributed by atoms with Gasteiger partial charge in [0.25, 0.3) is 0 Å². The van der Waals surface area contributed by atoms with E-state index in [9.17, 15) is 14.0 Å². The molecule has 2 atom stereocenters. The molecule has 0 spiro atoms. The van der Waals surface area contributed by atoms with Crippen molar-refractivity contribution in [2.45, 2.75) is 37.8 Å². The summed E-state index contributed by atoms with van der Waals surface area (Å²) in [6, 6.07) is 13.3. The van der Waals surface area contributed by atoms with Crippen molar-refractivity contribution < 1.29 is 18.7 Å². The van der Waals surface area contributed by atoms with Crippen LogP contribution >= 0.6 is 11.6 Å². The van der Waals surface area contributed by atoms with Crippen molar-refractivity contribution in [2.24, 2.45) is 5.92 Å². The molecule has 0 bridgehead atoms. The van der Waals surface area contributed by atoms with Gasteiger partial charge in [-0.1, -0.05) is 23.7 Å². The fourth-order valence-electron chi connectivity index (χ4n) is 5.35. The fraction of sp³-hybridized carbons (Fsp3) is 0.462. The molecule has 180 valence electrons. The first kappa shape index (κ1) is 23.3. The van der Waals surface area contributed by atoms with Crippen molar-refractivity contribution in [3.05, 3.63) is 64.9 Å². The first-order valence-corrected chi connectivity index (χ1v) is 12.3. The third-order valence-electron chi connectivity index (χ3n) is 7.17. The molecule has 2 aromatic rings. The average molecular weight is 486 g/mol. The van der Waals surface area contributed by atoms with Crippen molar-refractivity contribution in [2.75, 3.05) is 37.7 Å². The van der Waals surface area contributed by atoms with E-state index in [-0.39, 0.29) is 29.9 Å². The highest BCUT2D eigenvalue weighted by molar-refractivity contribution is 6.30. The third kappa shape index (κ3) is 4.97. The Morgan fingerprint density at radius 2 is 1.68 bits per heavy atom. The second-order valence-corrected chi connectivity index (χ2v) is 9.88. The van der Waals surface area contributed by atoms with Crippen molar-refractivity contribution in [3.8, 4) is 0 Å². The molecule has 3 fully saturated rings. The maximum absolute atomic E-state index is 13.2. The zero-order valence-corrected chi connectivity index (χ0v) is 19.8. The van der Waals surface area contributed by atoms with E-state index in [1.54, 1.807) is 24.3 Å². The van der Waals surface area contributed by atoms with Crippen LogP contribution in [0.15, 0.2) is 48.5 Å². The van der Waals surface area contributed by atoms with Crippen LogP contribution in [0, 0.1) is 11.7 Å². The maximum Gasteiger partial charge on any atom is 0.331 e. The van der Waals surface area contributed by atoms with Gasteiger partial charge in [0.05, 0.1) is 18.4 Å². The standard InChI is InChI=1S/C26H29ClFN3O3/c27-20-3-7-23(8-4-20)31-25(32)11-14-30(26(31)33)22-9-12-29(13-10-22)16-18-15-24(34-17-18)19-1-5-21(28)6-2-19/h1-8,18,22,24H,9-17H2. The van der Waals surface area contributed by atoms with Crippen LogP contribution in [-0.4, -0.2) is 60.6 Å². The number of hydrogen-bond donors (Lipinski definition) is 0. The van der Waals surface area contributed by atoms with Crippen molar-refractivity contribution in [3.63, 3.8) is 0 Å². The summed E-state index contributed by atoms with van der Waals surface area (Å²) < 4.78 is 19.2. The van der Waals surface area contributed by atoms with Crippen molar-refractivity contribution in [1.82, 2.24) is 9.80 Å². The first-order chi connectivity index (χ1) is 16.5. The van der Waals surface area contributed by atoms with Gasteiger partial charge < -0.3 is 14.5 Å². The Kier molecular flexibility index (Phi) is 6.86. The van der Waals surface area contributed by atoms with E-state index in [4.69, 9.17) is 16.3 Å². The quantitative estimate of drug-likeness (QED) is 0.605. The van der Waals surface area contributed by atoms with Crippen LogP contribution in [0.2, 0.25) is 5.02 Å². The minimum absolute atomic E-state index is 0.0329. The van der Waals surface area contributed by atoms with E-state index >= 15 is 0 Å².